The number of hydrogen-bond acceptors (Lipinski definition) is 5. The topological polar surface area (TPSA) is 78.2 Å². The van der Waals surface area contributed by atoms with Gasteiger partial charge in [0.15, 0.2) is 0 Å². The maximum Gasteiger partial charge on any atom is 0.408 e. The Morgan fingerprint density at radius 2 is 2.04 bits per heavy atom. The monoisotopic (exact) mass is 408 g/mol. The standard InChI is InChI=1S/C18H25BrN4O2/c1-12-15(19)13(11-20)10-14(21-12)23-8-6-18(5,7-9-23)25-16(24)22-17(2,3)4/h10H,6-9H2,1-5H3,(H,22,24). The van der Waals surface area contributed by atoms with Crippen LogP contribution < -0.4 is 10.2 Å². The van der Waals surface area contributed by atoms with Crippen LogP contribution in [0.1, 0.15) is 51.8 Å². The summed E-state index contributed by atoms with van der Waals surface area (Å²) in [4.78, 5) is 18.8. The van der Waals surface area contributed by atoms with E-state index in [1.807, 2.05) is 34.6 Å². The summed E-state index contributed by atoms with van der Waals surface area (Å²) >= 11 is 3.40. The Bertz CT molecular complexity index is 698. The van der Waals surface area contributed by atoms with Crippen molar-refractivity contribution in [2.24, 2.45) is 0 Å². The lowest BCUT2D eigenvalue weighted by molar-refractivity contribution is 0.00406. The van der Waals surface area contributed by atoms with Crippen LogP contribution in [0.2, 0.25) is 0 Å². The molecule has 136 valence electrons. The fourth-order valence-corrected chi connectivity index (χ4v) is 3.04. The molecule has 1 aromatic heterocycles. The van der Waals surface area contributed by atoms with Crippen LogP contribution >= 0.6 is 15.9 Å². The molecule has 1 amide bonds. The Morgan fingerprint density at radius 3 is 2.56 bits per heavy atom. The maximum absolute atomic E-state index is 12.0. The SMILES string of the molecule is Cc1nc(N2CCC(C)(OC(=O)NC(C)(C)C)CC2)cc(C#N)c1Br. The largest absolute Gasteiger partial charge is 0.443 e. The fourth-order valence-electron chi connectivity index (χ4n) is 2.75. The molecule has 0 saturated carbocycles. The number of aryl methyl sites for hydroxylation is 1. The first kappa shape index (κ1) is 19.5. The van der Waals surface area contributed by atoms with Gasteiger partial charge in [0.2, 0.25) is 0 Å². The number of carbonyl (C=O) groups is 1. The third-order valence-electron chi connectivity index (χ3n) is 4.19. The highest BCUT2D eigenvalue weighted by Crippen LogP contribution is 2.30. The average Bonchev–Trinajstić information content (AvgIpc) is 2.48. The van der Waals surface area contributed by atoms with E-state index in [-0.39, 0.29) is 11.6 Å². The van der Waals surface area contributed by atoms with Crippen molar-refractivity contribution in [3.8, 4) is 6.07 Å². The summed E-state index contributed by atoms with van der Waals surface area (Å²) in [6.07, 6.45) is 1.04. The van der Waals surface area contributed by atoms with E-state index in [0.29, 0.717) is 18.4 Å². The molecule has 25 heavy (non-hydrogen) atoms. The summed E-state index contributed by atoms with van der Waals surface area (Å²) < 4.78 is 6.41. The van der Waals surface area contributed by atoms with Crippen LogP contribution in [0, 0.1) is 18.3 Å². The Morgan fingerprint density at radius 1 is 1.44 bits per heavy atom. The molecule has 1 aromatic rings. The third kappa shape index (κ3) is 5.08. The van der Waals surface area contributed by atoms with Crippen LogP contribution in [0.3, 0.4) is 0 Å². The van der Waals surface area contributed by atoms with Crippen molar-refractivity contribution in [1.29, 1.82) is 5.26 Å². The molecule has 7 heteroatoms. The van der Waals surface area contributed by atoms with Gasteiger partial charge in [-0.25, -0.2) is 9.78 Å². The summed E-state index contributed by atoms with van der Waals surface area (Å²) in [6.45, 7) is 11.1. The Hall–Kier alpha value is -1.81. The van der Waals surface area contributed by atoms with Crippen molar-refractivity contribution in [3.05, 3.63) is 21.8 Å². The molecule has 1 aliphatic rings. The molecule has 0 bridgehead atoms. The second-order valence-corrected chi connectivity index (χ2v) is 8.53. The first-order valence-corrected chi connectivity index (χ1v) is 9.16. The molecule has 0 aromatic carbocycles. The van der Waals surface area contributed by atoms with Gasteiger partial charge in [0.25, 0.3) is 0 Å². The Kier molecular flexibility index (Phi) is 5.62. The number of anilines is 1. The molecule has 1 fully saturated rings. The number of nitrogens with one attached hydrogen (secondary N) is 1. The van der Waals surface area contributed by atoms with E-state index in [0.717, 1.165) is 29.1 Å². The zero-order valence-electron chi connectivity index (χ0n) is 15.4. The van der Waals surface area contributed by atoms with E-state index in [4.69, 9.17) is 4.74 Å². The van der Waals surface area contributed by atoms with Gasteiger partial charge in [-0.15, -0.1) is 0 Å². The number of alkyl carbamates (subject to hydrolysis) is 1. The maximum atomic E-state index is 12.0. The number of piperidine rings is 1. The Labute approximate surface area is 157 Å². The van der Waals surface area contributed by atoms with E-state index in [2.05, 4.69) is 37.2 Å². The molecule has 6 nitrogen and oxygen atoms in total. The lowest BCUT2D eigenvalue weighted by Gasteiger charge is -2.39. The number of amides is 1. The number of nitriles is 1. The fraction of sp³-hybridized carbons (Fsp3) is 0.611. The van der Waals surface area contributed by atoms with Crippen molar-refractivity contribution in [2.45, 2.75) is 58.6 Å². The molecule has 1 N–H and O–H groups in total. The van der Waals surface area contributed by atoms with Gasteiger partial charge in [0.1, 0.15) is 17.5 Å². The summed E-state index contributed by atoms with van der Waals surface area (Å²) in [7, 11) is 0. The average molecular weight is 409 g/mol. The second-order valence-electron chi connectivity index (χ2n) is 7.74. The quantitative estimate of drug-likeness (QED) is 0.802. The van der Waals surface area contributed by atoms with Crippen LogP contribution in [0.25, 0.3) is 0 Å². The minimum absolute atomic E-state index is 0.319. The molecule has 1 saturated heterocycles. The third-order valence-corrected chi connectivity index (χ3v) is 5.19. The van der Waals surface area contributed by atoms with Gasteiger partial charge >= 0.3 is 6.09 Å². The zero-order chi connectivity index (χ0) is 18.8. The number of aromatic nitrogens is 1. The molecule has 0 aliphatic carbocycles. The van der Waals surface area contributed by atoms with E-state index in [1.54, 1.807) is 6.07 Å². The zero-order valence-corrected chi connectivity index (χ0v) is 17.0. The van der Waals surface area contributed by atoms with Gasteiger partial charge in [-0.05, 0) is 56.6 Å². The minimum atomic E-state index is -0.492. The minimum Gasteiger partial charge on any atom is -0.443 e. The van der Waals surface area contributed by atoms with Gasteiger partial charge in [-0.2, -0.15) is 5.26 Å². The number of hydrogen-bond donors (Lipinski definition) is 1. The highest BCUT2D eigenvalue weighted by atomic mass is 79.9. The molecule has 0 atom stereocenters. The number of halogens is 1. The first-order valence-electron chi connectivity index (χ1n) is 8.36. The van der Waals surface area contributed by atoms with Crippen LogP contribution in [-0.2, 0) is 4.74 Å². The van der Waals surface area contributed by atoms with Gasteiger partial charge in [-0.3, -0.25) is 0 Å². The smallest absolute Gasteiger partial charge is 0.408 e. The highest BCUT2D eigenvalue weighted by Gasteiger charge is 2.35. The number of pyridine rings is 1. The molecule has 2 heterocycles. The van der Waals surface area contributed by atoms with E-state index >= 15 is 0 Å². The number of nitrogens with zero attached hydrogens (tertiary/aromatic N) is 3. The summed E-state index contributed by atoms with van der Waals surface area (Å²) in [5.41, 5.74) is 0.564. The van der Waals surface area contributed by atoms with Crippen LogP contribution in [0.5, 0.6) is 0 Å². The lowest BCUT2D eigenvalue weighted by atomic mass is 9.93. The Balaban J connectivity index is 2.03. The molecule has 1 aliphatic heterocycles. The predicted octanol–water partition coefficient (Wildman–Crippen LogP) is 3.91. The second kappa shape index (κ2) is 7.20. The van der Waals surface area contributed by atoms with E-state index in [1.165, 1.54) is 0 Å². The van der Waals surface area contributed by atoms with Crippen molar-refractivity contribution in [1.82, 2.24) is 10.3 Å². The van der Waals surface area contributed by atoms with Crippen molar-refractivity contribution < 1.29 is 9.53 Å². The lowest BCUT2D eigenvalue weighted by Crippen LogP contribution is -2.49. The molecule has 2 rings (SSSR count). The number of rotatable bonds is 2. The predicted molar refractivity (Wildman–Crippen MR) is 101 cm³/mol. The van der Waals surface area contributed by atoms with Crippen LogP contribution in [0.4, 0.5) is 10.6 Å². The van der Waals surface area contributed by atoms with Crippen molar-refractivity contribution >= 4 is 27.8 Å². The van der Waals surface area contributed by atoms with Gasteiger partial charge in [0, 0.05) is 31.5 Å². The molecular formula is C18H25BrN4O2. The van der Waals surface area contributed by atoms with E-state index < -0.39 is 5.60 Å². The van der Waals surface area contributed by atoms with Gasteiger partial charge in [-0.1, -0.05) is 0 Å². The number of ether oxygens (including phenoxy) is 1. The van der Waals surface area contributed by atoms with Crippen LogP contribution in [0.15, 0.2) is 10.5 Å². The summed E-state index contributed by atoms with van der Waals surface area (Å²) in [6, 6.07) is 3.99. The molecule has 0 unspecified atom stereocenters. The molecule has 0 spiro atoms. The van der Waals surface area contributed by atoms with Crippen LogP contribution in [-0.4, -0.2) is 35.3 Å². The molecular weight excluding hydrogens is 384 g/mol. The summed E-state index contributed by atoms with van der Waals surface area (Å²) in [5, 5.41) is 12.1. The summed E-state index contributed by atoms with van der Waals surface area (Å²) in [5.74, 6) is 0.790. The molecule has 0 radical (unpaired) electrons. The first-order chi connectivity index (χ1) is 11.5. The van der Waals surface area contributed by atoms with Gasteiger partial charge < -0.3 is 15.0 Å². The number of carbonyl (C=O) groups excluding carboxylic acids is 1. The highest BCUT2D eigenvalue weighted by molar-refractivity contribution is 9.10. The van der Waals surface area contributed by atoms with Crippen molar-refractivity contribution in [3.63, 3.8) is 0 Å². The van der Waals surface area contributed by atoms with E-state index in [9.17, 15) is 10.1 Å². The van der Waals surface area contributed by atoms with Gasteiger partial charge in [0.05, 0.1) is 15.7 Å². The normalized spacial score (nSPS) is 16.9. The van der Waals surface area contributed by atoms with Crippen molar-refractivity contribution in [2.75, 3.05) is 18.0 Å².